The molecule has 1 atom stereocenters. The van der Waals surface area contributed by atoms with Gasteiger partial charge in [0, 0.05) is 40.0 Å². The molecule has 3 rings (SSSR count). The van der Waals surface area contributed by atoms with Crippen molar-refractivity contribution in [2.24, 2.45) is 4.99 Å². The highest BCUT2D eigenvalue weighted by molar-refractivity contribution is 14.0. The standard InChI is InChI=1S/C22H34N4O5.HI/c1-26(2)20(27)15-25-21(23-11-8-17-4-6-18(28-3)7-5-17)24-14-19-16-30-22(31-19)9-12-29-13-10-22;/h4-7,19H,8-16H2,1-3H3,(H2,23,24,25);1H. The largest absolute Gasteiger partial charge is 0.497 e. The maximum Gasteiger partial charge on any atom is 0.243 e. The predicted molar refractivity (Wildman–Crippen MR) is 133 cm³/mol. The van der Waals surface area contributed by atoms with Crippen LogP contribution >= 0.6 is 24.0 Å². The first-order valence-electron chi connectivity index (χ1n) is 10.7. The first kappa shape index (κ1) is 26.6. The lowest BCUT2D eigenvalue weighted by Gasteiger charge is -2.31. The van der Waals surface area contributed by atoms with Gasteiger partial charge in [0.1, 0.15) is 18.4 Å². The maximum atomic E-state index is 12.0. The van der Waals surface area contributed by atoms with Crippen LogP contribution in [0.15, 0.2) is 29.3 Å². The zero-order chi connectivity index (χ0) is 22.1. The van der Waals surface area contributed by atoms with Crippen molar-refractivity contribution in [1.29, 1.82) is 0 Å². The molecule has 1 amide bonds. The minimum absolute atomic E-state index is 0. The highest BCUT2D eigenvalue weighted by Crippen LogP contribution is 2.32. The summed E-state index contributed by atoms with van der Waals surface area (Å²) in [5, 5.41) is 6.60. The third-order valence-corrected chi connectivity index (χ3v) is 5.40. The number of benzene rings is 1. The van der Waals surface area contributed by atoms with Crippen molar-refractivity contribution < 1.29 is 23.7 Å². The van der Waals surface area contributed by atoms with Crippen LogP contribution in [0.2, 0.25) is 0 Å². The quantitative estimate of drug-likeness (QED) is 0.281. The van der Waals surface area contributed by atoms with Crippen molar-refractivity contribution in [3.63, 3.8) is 0 Å². The van der Waals surface area contributed by atoms with Gasteiger partial charge in [-0.1, -0.05) is 12.1 Å². The van der Waals surface area contributed by atoms with Gasteiger partial charge in [-0.3, -0.25) is 4.79 Å². The number of ether oxygens (including phenoxy) is 4. The zero-order valence-corrected chi connectivity index (χ0v) is 21.4. The van der Waals surface area contributed by atoms with Gasteiger partial charge in [-0.2, -0.15) is 0 Å². The monoisotopic (exact) mass is 562 g/mol. The summed E-state index contributed by atoms with van der Waals surface area (Å²) in [4.78, 5) is 17.9. The van der Waals surface area contributed by atoms with Crippen LogP contribution < -0.4 is 15.4 Å². The Balaban J connectivity index is 0.00000363. The Labute approximate surface area is 207 Å². The van der Waals surface area contributed by atoms with Gasteiger partial charge in [-0.15, -0.1) is 24.0 Å². The number of hydrogen-bond acceptors (Lipinski definition) is 6. The fraction of sp³-hybridized carbons (Fsp3) is 0.636. The number of guanidine groups is 1. The van der Waals surface area contributed by atoms with E-state index in [1.807, 2.05) is 24.3 Å². The highest BCUT2D eigenvalue weighted by atomic mass is 127. The number of rotatable bonds is 8. The molecule has 2 fully saturated rings. The highest BCUT2D eigenvalue weighted by Gasteiger charge is 2.42. The van der Waals surface area contributed by atoms with E-state index in [1.165, 1.54) is 10.5 Å². The number of amides is 1. The van der Waals surface area contributed by atoms with Crippen molar-refractivity contribution in [2.45, 2.75) is 31.2 Å². The number of aliphatic imine (C=N–C) groups is 1. The molecule has 0 saturated carbocycles. The smallest absolute Gasteiger partial charge is 0.243 e. The molecule has 2 heterocycles. The summed E-state index contributed by atoms with van der Waals surface area (Å²) < 4.78 is 22.7. The molecular weight excluding hydrogens is 527 g/mol. The Morgan fingerprint density at radius 3 is 2.59 bits per heavy atom. The van der Waals surface area contributed by atoms with E-state index in [0.717, 1.165) is 25.0 Å². The molecule has 9 nitrogen and oxygen atoms in total. The number of halogens is 1. The summed E-state index contributed by atoms with van der Waals surface area (Å²) in [6, 6.07) is 7.97. The molecule has 0 aromatic heterocycles. The summed E-state index contributed by atoms with van der Waals surface area (Å²) in [7, 11) is 5.10. The third kappa shape index (κ3) is 8.05. The zero-order valence-electron chi connectivity index (χ0n) is 19.1. The number of nitrogens with one attached hydrogen (secondary N) is 2. The second-order valence-electron chi connectivity index (χ2n) is 7.93. The van der Waals surface area contributed by atoms with E-state index in [4.69, 9.17) is 18.9 Å². The summed E-state index contributed by atoms with van der Waals surface area (Å²) in [6.45, 7) is 3.15. The minimum Gasteiger partial charge on any atom is -0.497 e. The number of carbonyl (C=O) groups is 1. The molecule has 1 aromatic carbocycles. The fourth-order valence-electron chi connectivity index (χ4n) is 3.45. The summed E-state index contributed by atoms with van der Waals surface area (Å²) in [5.74, 6) is 0.854. The molecule has 2 N–H and O–H groups in total. The molecule has 2 aliphatic heterocycles. The molecule has 0 aliphatic carbocycles. The average molecular weight is 562 g/mol. The molecule has 2 saturated heterocycles. The lowest BCUT2D eigenvalue weighted by atomic mass is 10.1. The van der Waals surface area contributed by atoms with E-state index < -0.39 is 5.79 Å². The van der Waals surface area contributed by atoms with E-state index >= 15 is 0 Å². The Hall–Kier alpha value is -1.63. The number of nitrogens with zero attached hydrogens (tertiary/aromatic N) is 2. The molecular formula is C22H35IN4O5. The molecule has 2 aliphatic rings. The van der Waals surface area contributed by atoms with Gasteiger partial charge in [-0.05, 0) is 24.1 Å². The predicted octanol–water partition coefficient (Wildman–Crippen LogP) is 1.40. The summed E-state index contributed by atoms with van der Waals surface area (Å²) in [6.07, 6.45) is 2.25. The SMILES string of the molecule is COc1ccc(CCNC(=NCC(=O)N(C)C)NCC2COC3(CCOCC3)O2)cc1.I. The molecule has 10 heteroatoms. The lowest BCUT2D eigenvalue weighted by molar-refractivity contribution is -0.210. The minimum atomic E-state index is -0.509. The molecule has 1 aromatic rings. The molecule has 0 radical (unpaired) electrons. The first-order valence-corrected chi connectivity index (χ1v) is 10.7. The van der Waals surface area contributed by atoms with Crippen molar-refractivity contribution in [3.8, 4) is 5.75 Å². The van der Waals surface area contributed by atoms with Crippen molar-refractivity contribution in [1.82, 2.24) is 15.5 Å². The van der Waals surface area contributed by atoms with Gasteiger partial charge in [-0.25, -0.2) is 4.99 Å². The van der Waals surface area contributed by atoms with Crippen LogP contribution in [0.3, 0.4) is 0 Å². The Kier molecular flexibility index (Phi) is 11.0. The molecule has 0 bridgehead atoms. The molecule has 1 spiro atoms. The van der Waals surface area contributed by atoms with Gasteiger partial charge in [0.15, 0.2) is 11.7 Å². The van der Waals surface area contributed by atoms with Gasteiger partial charge < -0.3 is 34.5 Å². The third-order valence-electron chi connectivity index (χ3n) is 5.40. The first-order chi connectivity index (χ1) is 15.0. The van der Waals surface area contributed by atoms with Crippen molar-refractivity contribution in [2.75, 3.05) is 60.7 Å². The normalized spacial score (nSPS) is 19.8. The van der Waals surface area contributed by atoms with Crippen LogP contribution in [-0.4, -0.2) is 89.3 Å². The second-order valence-corrected chi connectivity index (χ2v) is 7.93. The van der Waals surface area contributed by atoms with Crippen LogP contribution in [-0.2, 0) is 25.4 Å². The van der Waals surface area contributed by atoms with Crippen LogP contribution in [0.5, 0.6) is 5.75 Å². The van der Waals surface area contributed by atoms with Crippen LogP contribution in [0.4, 0.5) is 0 Å². The van der Waals surface area contributed by atoms with E-state index in [1.54, 1.807) is 21.2 Å². The molecule has 1 unspecified atom stereocenters. The van der Waals surface area contributed by atoms with E-state index in [0.29, 0.717) is 38.9 Å². The summed E-state index contributed by atoms with van der Waals surface area (Å²) >= 11 is 0. The van der Waals surface area contributed by atoms with E-state index in [2.05, 4.69) is 15.6 Å². The number of hydrogen-bond donors (Lipinski definition) is 2. The number of likely N-dealkylation sites (N-methyl/N-ethyl adjacent to an activating group) is 1. The maximum absolute atomic E-state index is 12.0. The van der Waals surface area contributed by atoms with Gasteiger partial charge in [0.2, 0.25) is 5.91 Å². The van der Waals surface area contributed by atoms with Gasteiger partial charge >= 0.3 is 0 Å². The van der Waals surface area contributed by atoms with Gasteiger partial charge in [0.05, 0.1) is 26.9 Å². The Bertz CT molecular complexity index is 738. The molecule has 180 valence electrons. The Morgan fingerprint density at radius 1 is 1.22 bits per heavy atom. The van der Waals surface area contributed by atoms with Crippen LogP contribution in [0.25, 0.3) is 0 Å². The van der Waals surface area contributed by atoms with Crippen LogP contribution in [0, 0.1) is 0 Å². The number of methoxy groups -OCH3 is 1. The average Bonchev–Trinajstić information content (AvgIpc) is 3.17. The van der Waals surface area contributed by atoms with Crippen molar-refractivity contribution >= 4 is 35.8 Å². The molecule has 32 heavy (non-hydrogen) atoms. The fourth-order valence-corrected chi connectivity index (χ4v) is 3.45. The summed E-state index contributed by atoms with van der Waals surface area (Å²) in [5.41, 5.74) is 1.19. The lowest BCUT2D eigenvalue weighted by Crippen LogP contribution is -2.44. The van der Waals surface area contributed by atoms with Gasteiger partial charge in [0.25, 0.3) is 0 Å². The van der Waals surface area contributed by atoms with Crippen molar-refractivity contribution in [3.05, 3.63) is 29.8 Å². The number of carbonyl (C=O) groups excluding carboxylic acids is 1. The second kappa shape index (κ2) is 13.2. The van der Waals surface area contributed by atoms with Crippen LogP contribution in [0.1, 0.15) is 18.4 Å². The van der Waals surface area contributed by atoms with E-state index in [-0.39, 0.29) is 42.5 Å². The Morgan fingerprint density at radius 2 is 1.94 bits per heavy atom. The topological polar surface area (TPSA) is 93.7 Å². The van der Waals surface area contributed by atoms with E-state index in [9.17, 15) is 4.79 Å².